The van der Waals surface area contributed by atoms with Crippen LogP contribution in [0.5, 0.6) is 0 Å². The van der Waals surface area contributed by atoms with E-state index < -0.39 is 0 Å². The number of thioether (sulfide) groups is 1. The van der Waals surface area contributed by atoms with Crippen molar-refractivity contribution in [3.63, 3.8) is 0 Å². The van der Waals surface area contributed by atoms with Crippen LogP contribution in [0.25, 0.3) is 0 Å². The molecular weight excluding hydrogens is 262 g/mol. The zero-order valence-corrected chi connectivity index (χ0v) is 13.1. The maximum absolute atomic E-state index is 5.62. The van der Waals surface area contributed by atoms with Gasteiger partial charge in [-0.1, -0.05) is 20.8 Å². The molecule has 2 nitrogen and oxygen atoms in total. The summed E-state index contributed by atoms with van der Waals surface area (Å²) < 4.78 is 7.11. The standard InChI is InChI=1S/C14H23NOS2/c1-10(2)9-16-6-5-15-13-8-11(3)18-14-12(13)4-7-17-14/h4,7,10-11,13,15H,5-6,8-9H2,1-3H3/t11-,13?/m0/s1. The lowest BCUT2D eigenvalue weighted by atomic mass is 10.1. The molecule has 2 atom stereocenters. The van der Waals surface area contributed by atoms with Crippen LogP contribution in [0.2, 0.25) is 0 Å². The number of thiophene rings is 1. The quantitative estimate of drug-likeness (QED) is 0.800. The zero-order valence-electron chi connectivity index (χ0n) is 11.4. The van der Waals surface area contributed by atoms with Crippen molar-refractivity contribution < 1.29 is 4.74 Å². The van der Waals surface area contributed by atoms with E-state index in [9.17, 15) is 0 Å². The molecule has 0 saturated carbocycles. The van der Waals surface area contributed by atoms with E-state index in [4.69, 9.17) is 4.74 Å². The molecular formula is C14H23NOS2. The van der Waals surface area contributed by atoms with Crippen molar-refractivity contribution in [3.05, 3.63) is 17.0 Å². The van der Waals surface area contributed by atoms with Crippen molar-refractivity contribution >= 4 is 23.1 Å². The summed E-state index contributed by atoms with van der Waals surface area (Å²) in [6.07, 6.45) is 1.22. The minimum Gasteiger partial charge on any atom is -0.380 e. The Morgan fingerprint density at radius 3 is 3.11 bits per heavy atom. The van der Waals surface area contributed by atoms with E-state index in [1.54, 1.807) is 0 Å². The molecule has 1 aromatic heterocycles. The van der Waals surface area contributed by atoms with Gasteiger partial charge in [0.15, 0.2) is 0 Å². The average molecular weight is 285 g/mol. The van der Waals surface area contributed by atoms with Crippen LogP contribution in [-0.2, 0) is 4.74 Å². The van der Waals surface area contributed by atoms with E-state index in [0.717, 1.165) is 19.8 Å². The summed E-state index contributed by atoms with van der Waals surface area (Å²) in [6.45, 7) is 9.31. The molecule has 1 unspecified atom stereocenters. The number of rotatable bonds is 6. The third-order valence-electron chi connectivity index (χ3n) is 3.00. The Bertz CT molecular complexity index is 364. The highest BCUT2D eigenvalue weighted by Crippen LogP contribution is 2.43. The van der Waals surface area contributed by atoms with E-state index in [-0.39, 0.29) is 0 Å². The van der Waals surface area contributed by atoms with Gasteiger partial charge in [-0.05, 0) is 29.3 Å². The van der Waals surface area contributed by atoms with Gasteiger partial charge < -0.3 is 10.1 Å². The number of nitrogens with one attached hydrogen (secondary N) is 1. The van der Waals surface area contributed by atoms with E-state index >= 15 is 0 Å². The smallest absolute Gasteiger partial charge is 0.0649 e. The fraction of sp³-hybridized carbons (Fsp3) is 0.714. The molecule has 0 spiro atoms. The summed E-state index contributed by atoms with van der Waals surface area (Å²) in [5.74, 6) is 0.625. The molecule has 102 valence electrons. The molecule has 0 bridgehead atoms. The first-order valence-electron chi connectivity index (χ1n) is 6.72. The van der Waals surface area contributed by atoms with Crippen molar-refractivity contribution in [2.24, 2.45) is 5.92 Å². The second-order valence-corrected chi connectivity index (χ2v) is 7.93. The third kappa shape index (κ3) is 3.98. The first-order chi connectivity index (χ1) is 8.66. The van der Waals surface area contributed by atoms with Gasteiger partial charge >= 0.3 is 0 Å². The predicted molar refractivity (Wildman–Crippen MR) is 80.7 cm³/mol. The predicted octanol–water partition coefficient (Wildman–Crippen LogP) is 3.94. The molecule has 2 rings (SSSR count). The van der Waals surface area contributed by atoms with Gasteiger partial charge in [-0.25, -0.2) is 0 Å². The van der Waals surface area contributed by atoms with Crippen LogP contribution in [0.1, 0.15) is 38.8 Å². The molecule has 0 radical (unpaired) electrons. The van der Waals surface area contributed by atoms with Crippen LogP contribution < -0.4 is 5.32 Å². The molecule has 1 aromatic rings. The average Bonchev–Trinajstić information content (AvgIpc) is 2.75. The Labute approximate surface area is 119 Å². The molecule has 4 heteroatoms. The Morgan fingerprint density at radius 2 is 2.33 bits per heavy atom. The van der Waals surface area contributed by atoms with Gasteiger partial charge in [0.25, 0.3) is 0 Å². The van der Waals surface area contributed by atoms with Crippen LogP contribution in [0.15, 0.2) is 15.7 Å². The lowest BCUT2D eigenvalue weighted by Gasteiger charge is -2.27. The second kappa shape index (κ2) is 6.94. The number of hydrogen-bond acceptors (Lipinski definition) is 4. The number of ether oxygens (including phenoxy) is 1. The monoisotopic (exact) mass is 285 g/mol. The highest BCUT2D eigenvalue weighted by molar-refractivity contribution is 8.01. The van der Waals surface area contributed by atoms with Gasteiger partial charge in [-0.3, -0.25) is 0 Å². The molecule has 0 aromatic carbocycles. The van der Waals surface area contributed by atoms with Crippen molar-refractivity contribution in [2.75, 3.05) is 19.8 Å². The van der Waals surface area contributed by atoms with Gasteiger partial charge in [0.05, 0.1) is 10.8 Å². The summed E-state index contributed by atoms with van der Waals surface area (Å²) >= 11 is 3.89. The van der Waals surface area contributed by atoms with Crippen LogP contribution in [0, 0.1) is 5.92 Å². The molecule has 2 heterocycles. The zero-order chi connectivity index (χ0) is 13.0. The third-order valence-corrected chi connectivity index (χ3v) is 5.34. The molecule has 0 fully saturated rings. The summed E-state index contributed by atoms with van der Waals surface area (Å²) in [5.41, 5.74) is 1.49. The Kier molecular flexibility index (Phi) is 5.55. The van der Waals surface area contributed by atoms with Crippen molar-refractivity contribution in [2.45, 2.75) is 42.7 Å². The van der Waals surface area contributed by atoms with Gasteiger partial charge in [-0.15, -0.1) is 23.1 Å². The molecule has 18 heavy (non-hydrogen) atoms. The fourth-order valence-electron chi connectivity index (χ4n) is 2.17. The number of hydrogen-bond donors (Lipinski definition) is 1. The second-order valence-electron chi connectivity index (χ2n) is 5.30. The van der Waals surface area contributed by atoms with Gasteiger partial charge in [0.1, 0.15) is 0 Å². The summed E-state index contributed by atoms with van der Waals surface area (Å²) in [6, 6.07) is 2.79. The molecule has 0 amide bonds. The lowest BCUT2D eigenvalue weighted by Crippen LogP contribution is -2.29. The SMILES string of the molecule is CC(C)COCCNC1C[C@H](C)Sc2sccc21. The van der Waals surface area contributed by atoms with Gasteiger partial charge in [0, 0.05) is 24.4 Å². The minimum atomic E-state index is 0.519. The van der Waals surface area contributed by atoms with Crippen LogP contribution in [-0.4, -0.2) is 25.0 Å². The Morgan fingerprint density at radius 1 is 1.50 bits per heavy atom. The van der Waals surface area contributed by atoms with Gasteiger partial charge in [0.2, 0.25) is 0 Å². The highest BCUT2D eigenvalue weighted by atomic mass is 32.2. The molecule has 0 aliphatic carbocycles. The Balaban J connectivity index is 1.77. The van der Waals surface area contributed by atoms with E-state index in [0.29, 0.717) is 17.2 Å². The van der Waals surface area contributed by atoms with Crippen molar-refractivity contribution in [3.8, 4) is 0 Å². The fourth-order valence-corrected chi connectivity index (χ4v) is 4.73. The maximum atomic E-state index is 5.62. The summed E-state index contributed by atoms with van der Waals surface area (Å²) in [7, 11) is 0. The van der Waals surface area contributed by atoms with Crippen molar-refractivity contribution in [1.82, 2.24) is 5.32 Å². The highest BCUT2D eigenvalue weighted by Gasteiger charge is 2.25. The van der Waals surface area contributed by atoms with Crippen LogP contribution in [0.4, 0.5) is 0 Å². The van der Waals surface area contributed by atoms with Gasteiger partial charge in [-0.2, -0.15) is 0 Å². The molecule has 1 aliphatic rings. The largest absolute Gasteiger partial charge is 0.380 e. The van der Waals surface area contributed by atoms with Crippen molar-refractivity contribution in [1.29, 1.82) is 0 Å². The number of fused-ring (bicyclic) bond motifs is 1. The van der Waals surface area contributed by atoms with E-state index in [2.05, 4.69) is 37.5 Å². The van der Waals surface area contributed by atoms with Crippen LogP contribution in [0.3, 0.4) is 0 Å². The van der Waals surface area contributed by atoms with Crippen LogP contribution >= 0.6 is 23.1 Å². The summed E-state index contributed by atoms with van der Waals surface area (Å²) in [4.78, 5) is 0. The molecule has 1 N–H and O–H groups in total. The minimum absolute atomic E-state index is 0.519. The Hall–Kier alpha value is -0.0300. The topological polar surface area (TPSA) is 21.3 Å². The van der Waals surface area contributed by atoms with E-state index in [1.165, 1.54) is 16.2 Å². The normalized spacial score (nSPS) is 23.3. The first-order valence-corrected chi connectivity index (χ1v) is 8.48. The van der Waals surface area contributed by atoms with E-state index in [1.807, 2.05) is 23.1 Å². The first kappa shape index (κ1) is 14.4. The summed E-state index contributed by atoms with van der Waals surface area (Å²) in [5, 5.41) is 6.56. The molecule has 1 aliphatic heterocycles. The molecule has 0 saturated heterocycles. The lowest BCUT2D eigenvalue weighted by molar-refractivity contribution is 0.109. The maximum Gasteiger partial charge on any atom is 0.0649 e.